The first kappa shape index (κ1) is 27.4. The Morgan fingerprint density at radius 3 is 1.09 bits per heavy atom. The van der Waals surface area contributed by atoms with Gasteiger partial charge < -0.3 is 12.4 Å². The maximum atomic E-state index is 2.43. The van der Waals surface area contributed by atoms with E-state index in [2.05, 4.69) is 73.6 Å². The van der Waals surface area contributed by atoms with Crippen molar-refractivity contribution in [3.05, 3.63) is 34.9 Å². The summed E-state index contributed by atoms with van der Waals surface area (Å²) < 4.78 is 0. The minimum absolute atomic E-state index is 0. The van der Waals surface area contributed by atoms with Crippen LogP contribution in [0.4, 0.5) is 0 Å². The van der Waals surface area contributed by atoms with Gasteiger partial charge in [-0.05, 0) is 41.5 Å². The molecule has 0 bridgehead atoms. The summed E-state index contributed by atoms with van der Waals surface area (Å²) in [4.78, 5) is 0. The van der Waals surface area contributed by atoms with E-state index < -0.39 is 14.1 Å². The summed E-state index contributed by atoms with van der Waals surface area (Å²) >= 11 is 0.184. The van der Waals surface area contributed by atoms with E-state index in [9.17, 15) is 0 Å². The maximum absolute atomic E-state index is 2.43. The Hall–Kier alpha value is 0.575. The van der Waals surface area contributed by atoms with Gasteiger partial charge in [-0.2, -0.15) is 0 Å². The summed E-state index contributed by atoms with van der Waals surface area (Å²) in [7, 11) is 0. The van der Waals surface area contributed by atoms with Crippen LogP contribution in [-0.2, 0) is 0 Å². The Morgan fingerprint density at radius 1 is 0.682 bits per heavy atom. The third kappa shape index (κ3) is 25.5. The van der Waals surface area contributed by atoms with E-state index in [1.54, 1.807) is 0 Å². The summed E-state index contributed by atoms with van der Waals surface area (Å²) in [6.45, 7) is 17.7. The van der Waals surface area contributed by atoms with E-state index in [0.29, 0.717) is 0 Å². The van der Waals surface area contributed by atoms with Crippen molar-refractivity contribution in [3.63, 3.8) is 0 Å². The second-order valence-corrected chi connectivity index (χ2v) is 11.9. The van der Waals surface area contributed by atoms with Crippen LogP contribution < -0.4 is 12.4 Å². The molecular weight excluding hydrogens is 318 g/mol. The van der Waals surface area contributed by atoms with Crippen molar-refractivity contribution in [3.8, 4) is 0 Å². The Balaban J connectivity index is -0.000000520. The van der Waals surface area contributed by atoms with Crippen LogP contribution in [-0.4, -0.2) is 29.4 Å². The van der Waals surface area contributed by atoms with E-state index in [0.717, 1.165) is 15.2 Å². The normalized spacial score (nSPS) is 8.36. The quantitative estimate of drug-likeness (QED) is 0.457. The minimum Gasteiger partial charge on any atom is -1.00 e. The molecule has 0 radical (unpaired) electrons. The van der Waals surface area contributed by atoms with Gasteiger partial charge in [0, 0.05) is 0 Å². The maximum Gasteiger partial charge on any atom is -1.00 e. The Kier molecular flexibility index (Phi) is 24.5. The first-order valence-corrected chi connectivity index (χ1v) is 12.6. The third-order valence-electron chi connectivity index (χ3n) is 3.16. The first-order chi connectivity index (χ1) is 9.83. The predicted octanol–water partition coefficient (Wildman–Crippen LogP) is 3.95. The standard InChI is InChI=1S/3C5H9.2C2H5.2Al.ClH/c3*1-4-5(2)3;2*1-2;;;/h3*4H,1H2,2-3H3;2*1H2,2H3;;;1H/q;;;;;;+1;/p-1. The van der Waals surface area contributed by atoms with Crippen molar-refractivity contribution in [2.45, 2.75) is 81.8 Å². The smallest absolute Gasteiger partial charge is 1.00 e. The molecule has 0 rings (SSSR count). The van der Waals surface area contributed by atoms with Crippen LogP contribution >= 0.6 is 0 Å². The van der Waals surface area contributed by atoms with Gasteiger partial charge >= 0.3 is 39.6 Å². The topological polar surface area (TPSA) is 0 Å². The molecule has 0 N–H and O–H groups in total. The van der Waals surface area contributed by atoms with Crippen LogP contribution in [0.3, 0.4) is 0 Å². The molecule has 0 fully saturated rings. The fourth-order valence-corrected chi connectivity index (χ4v) is 5.35. The van der Waals surface area contributed by atoms with Gasteiger partial charge in [0.2, 0.25) is 0 Å². The fraction of sp³-hybridized carbons (Fsp3) is 0.684. The minimum atomic E-state index is -0.631. The van der Waals surface area contributed by atoms with Crippen molar-refractivity contribution in [1.29, 1.82) is 0 Å². The molecule has 0 unspecified atom stereocenters. The molecular formula is C19H37Al2Cl. The van der Waals surface area contributed by atoms with Gasteiger partial charge in [0.05, 0.1) is 0 Å². The molecule has 0 aliphatic rings. The molecule has 0 saturated carbocycles. The van der Waals surface area contributed by atoms with Crippen LogP contribution in [0.1, 0.15) is 55.4 Å². The van der Waals surface area contributed by atoms with Crippen molar-refractivity contribution < 1.29 is 12.4 Å². The molecule has 0 atom stereocenters. The van der Waals surface area contributed by atoms with Crippen molar-refractivity contribution >= 4 is 29.4 Å². The zero-order chi connectivity index (χ0) is 16.7. The van der Waals surface area contributed by atoms with E-state index in [1.165, 1.54) is 43.1 Å². The van der Waals surface area contributed by atoms with Crippen LogP contribution in [0.15, 0.2) is 34.9 Å². The molecule has 0 aromatic carbocycles. The Labute approximate surface area is 158 Å². The van der Waals surface area contributed by atoms with Gasteiger partial charge in [-0.3, -0.25) is 0 Å². The molecule has 0 saturated heterocycles. The molecule has 0 aromatic rings. The van der Waals surface area contributed by atoms with Crippen LogP contribution in [0.25, 0.3) is 0 Å². The van der Waals surface area contributed by atoms with Gasteiger partial charge in [-0.1, -0.05) is 50.8 Å². The molecule has 0 amide bonds. The van der Waals surface area contributed by atoms with E-state index >= 15 is 0 Å². The molecule has 22 heavy (non-hydrogen) atoms. The largest absolute Gasteiger partial charge is 1.00 e. The van der Waals surface area contributed by atoms with Gasteiger partial charge in [-0.25, -0.2) is 0 Å². The molecule has 0 aliphatic carbocycles. The van der Waals surface area contributed by atoms with Crippen molar-refractivity contribution in [1.82, 2.24) is 0 Å². The summed E-state index contributed by atoms with van der Waals surface area (Å²) in [5.41, 5.74) is 4.39. The number of allylic oxidation sites excluding steroid dienone is 6. The Bertz CT molecular complexity index is 269. The zero-order valence-corrected chi connectivity index (χ0v) is 19.4. The SMILES string of the molecule is CC(C)=C[CH2][Al]([CH2]C=C(C)C)[CH2]C=C(C)C.C[CH2][Al+][CH2]C.[Cl-]. The second kappa shape index (κ2) is 19.6. The Morgan fingerprint density at radius 2 is 0.955 bits per heavy atom. The summed E-state index contributed by atoms with van der Waals surface area (Å²) in [6, 6.07) is 0. The molecule has 126 valence electrons. The molecule has 0 aliphatic heterocycles. The molecule has 0 spiro atoms. The predicted molar refractivity (Wildman–Crippen MR) is 105 cm³/mol. The van der Waals surface area contributed by atoms with Gasteiger partial charge in [0.25, 0.3) is 14.1 Å². The summed E-state index contributed by atoms with van der Waals surface area (Å²) in [5, 5.41) is 6.88. The average molecular weight is 355 g/mol. The molecule has 3 heteroatoms. The van der Waals surface area contributed by atoms with Gasteiger partial charge in [0.15, 0.2) is 0 Å². The van der Waals surface area contributed by atoms with Gasteiger partial charge in [0.1, 0.15) is 0 Å². The van der Waals surface area contributed by atoms with Crippen LogP contribution in [0.2, 0.25) is 26.4 Å². The molecule has 0 nitrogen and oxygen atoms in total. The van der Waals surface area contributed by atoms with E-state index in [-0.39, 0.29) is 12.4 Å². The summed E-state index contributed by atoms with van der Waals surface area (Å²) in [5.74, 6) is 0. The summed E-state index contributed by atoms with van der Waals surface area (Å²) in [6.07, 6.45) is 7.28. The second-order valence-electron chi connectivity index (χ2n) is 6.52. The third-order valence-corrected chi connectivity index (χ3v) is 7.02. The number of halogens is 1. The monoisotopic (exact) mass is 354 g/mol. The van der Waals surface area contributed by atoms with E-state index in [1.807, 2.05) is 0 Å². The molecule has 0 heterocycles. The van der Waals surface area contributed by atoms with Crippen LogP contribution in [0.5, 0.6) is 0 Å². The van der Waals surface area contributed by atoms with Gasteiger partial charge in [-0.15, -0.1) is 0 Å². The van der Waals surface area contributed by atoms with E-state index in [4.69, 9.17) is 0 Å². The fourth-order valence-electron chi connectivity index (χ4n) is 1.78. The molecule has 0 aromatic heterocycles. The number of hydrogen-bond donors (Lipinski definition) is 0. The number of hydrogen-bond acceptors (Lipinski definition) is 0. The van der Waals surface area contributed by atoms with Crippen molar-refractivity contribution in [2.24, 2.45) is 0 Å². The number of rotatable bonds is 8. The van der Waals surface area contributed by atoms with Crippen LogP contribution in [0, 0.1) is 0 Å². The first-order valence-electron chi connectivity index (χ1n) is 8.55. The zero-order valence-electron chi connectivity index (χ0n) is 16.3. The van der Waals surface area contributed by atoms with Crippen molar-refractivity contribution in [2.75, 3.05) is 0 Å². The average Bonchev–Trinajstić information content (AvgIpc) is 2.38.